The molecule has 176 valence electrons. The maximum Gasteiger partial charge on any atom is 0.416 e. The van der Waals surface area contributed by atoms with Crippen LogP contribution in [0, 0.1) is 0 Å². The highest BCUT2D eigenvalue weighted by atomic mass is 32.2. The number of thiophene rings is 1. The lowest BCUT2D eigenvalue weighted by Crippen LogP contribution is -2.48. The van der Waals surface area contributed by atoms with Gasteiger partial charge in [0.1, 0.15) is 4.21 Å². The summed E-state index contributed by atoms with van der Waals surface area (Å²) in [5, 5.41) is 5.69. The molecule has 3 aromatic rings. The largest absolute Gasteiger partial charge is 0.416 e. The van der Waals surface area contributed by atoms with Crippen LogP contribution >= 0.6 is 11.3 Å². The minimum Gasteiger partial charge on any atom is -0.369 e. The quantitative estimate of drug-likeness (QED) is 0.512. The maximum absolute atomic E-state index is 13.1. The van der Waals surface area contributed by atoms with Crippen LogP contribution in [0.5, 0.6) is 0 Å². The molecule has 0 bridgehead atoms. The number of halogens is 3. The zero-order chi connectivity index (χ0) is 23.2. The lowest BCUT2D eigenvalue weighted by molar-refractivity contribution is -0.137. The predicted octanol–water partition coefficient (Wildman–Crippen LogP) is 4.60. The Labute approximate surface area is 192 Å². The molecular formula is C21H21F3N4O3S2. The van der Waals surface area contributed by atoms with Gasteiger partial charge in [-0.15, -0.1) is 11.3 Å². The average Bonchev–Trinajstić information content (AvgIpc) is 3.42. The van der Waals surface area contributed by atoms with Crippen LogP contribution in [-0.4, -0.2) is 49.0 Å². The number of alkyl halides is 3. The molecule has 0 radical (unpaired) electrons. The smallest absolute Gasteiger partial charge is 0.369 e. The van der Waals surface area contributed by atoms with Gasteiger partial charge in [0, 0.05) is 48.7 Å². The number of rotatable bonds is 5. The van der Waals surface area contributed by atoms with Gasteiger partial charge in [0.15, 0.2) is 0 Å². The number of piperazine rings is 1. The van der Waals surface area contributed by atoms with Crippen LogP contribution in [0.3, 0.4) is 0 Å². The van der Waals surface area contributed by atoms with Crippen molar-refractivity contribution >= 4 is 27.0 Å². The Balaban J connectivity index is 1.27. The van der Waals surface area contributed by atoms with E-state index in [4.69, 9.17) is 4.52 Å². The number of hydrogen-bond acceptors (Lipinski definition) is 7. The van der Waals surface area contributed by atoms with Gasteiger partial charge >= 0.3 is 6.18 Å². The summed E-state index contributed by atoms with van der Waals surface area (Å²) < 4.78 is 72.2. The van der Waals surface area contributed by atoms with E-state index < -0.39 is 21.8 Å². The van der Waals surface area contributed by atoms with Gasteiger partial charge in [0.05, 0.1) is 5.56 Å². The first-order chi connectivity index (χ1) is 15.7. The molecule has 0 N–H and O–H groups in total. The third-order valence-corrected chi connectivity index (χ3v) is 9.41. The fourth-order valence-corrected chi connectivity index (χ4v) is 6.67. The number of benzene rings is 1. The number of aromatic nitrogens is 2. The topological polar surface area (TPSA) is 79.5 Å². The predicted molar refractivity (Wildman–Crippen MR) is 117 cm³/mol. The molecule has 3 heterocycles. The standard InChI is InChI=1S/C21H21F3N4O3S2/c22-21(23,24)16-5-2-6-17(12-16)27-7-9-28(10-8-27)33(29,30)18-11-15(13-32-18)19-25-20(31-26-19)14-3-1-4-14/h2,5-6,11-14H,1,3-4,7-10H2. The summed E-state index contributed by atoms with van der Waals surface area (Å²) in [5.41, 5.74) is 0.304. The van der Waals surface area contributed by atoms with Crippen molar-refractivity contribution in [3.05, 3.63) is 47.2 Å². The molecule has 1 saturated carbocycles. The monoisotopic (exact) mass is 498 g/mol. The summed E-state index contributed by atoms with van der Waals surface area (Å²) in [6.45, 7) is 0.961. The van der Waals surface area contributed by atoms with Gasteiger partial charge in [-0.25, -0.2) is 8.42 Å². The number of anilines is 1. The molecule has 33 heavy (non-hydrogen) atoms. The molecule has 2 aromatic heterocycles. The van der Waals surface area contributed by atoms with Gasteiger partial charge in [0.2, 0.25) is 11.7 Å². The van der Waals surface area contributed by atoms with E-state index in [1.807, 2.05) is 0 Å². The van der Waals surface area contributed by atoms with E-state index in [0.717, 1.165) is 42.7 Å². The summed E-state index contributed by atoms with van der Waals surface area (Å²) >= 11 is 1.09. The summed E-state index contributed by atoms with van der Waals surface area (Å²) in [7, 11) is -3.73. The molecule has 0 unspecified atom stereocenters. The molecule has 0 spiro atoms. The Morgan fingerprint density at radius 1 is 1.09 bits per heavy atom. The Kier molecular flexibility index (Phi) is 5.69. The van der Waals surface area contributed by atoms with Crippen molar-refractivity contribution in [1.29, 1.82) is 0 Å². The minimum absolute atomic E-state index is 0.180. The highest BCUT2D eigenvalue weighted by molar-refractivity contribution is 7.91. The first-order valence-corrected chi connectivity index (χ1v) is 12.9. The Morgan fingerprint density at radius 2 is 1.85 bits per heavy atom. The maximum atomic E-state index is 13.1. The van der Waals surface area contributed by atoms with Crippen molar-refractivity contribution in [3.8, 4) is 11.4 Å². The summed E-state index contributed by atoms with van der Waals surface area (Å²) in [5.74, 6) is 1.27. The highest BCUT2D eigenvalue weighted by Gasteiger charge is 2.33. The van der Waals surface area contributed by atoms with Crippen LogP contribution in [-0.2, 0) is 16.2 Å². The van der Waals surface area contributed by atoms with E-state index in [-0.39, 0.29) is 17.3 Å². The molecule has 0 atom stereocenters. The Hall–Kier alpha value is -2.44. The molecular weight excluding hydrogens is 477 g/mol. The lowest BCUT2D eigenvalue weighted by atomic mass is 9.85. The third kappa shape index (κ3) is 4.38. The molecule has 12 heteroatoms. The van der Waals surface area contributed by atoms with Gasteiger partial charge in [0.25, 0.3) is 10.0 Å². The average molecular weight is 499 g/mol. The van der Waals surface area contributed by atoms with Crippen LogP contribution in [0.25, 0.3) is 11.4 Å². The minimum atomic E-state index is -4.42. The van der Waals surface area contributed by atoms with E-state index in [0.29, 0.717) is 42.0 Å². The Bertz CT molecular complexity index is 1240. The molecule has 1 aromatic carbocycles. The van der Waals surface area contributed by atoms with Crippen molar-refractivity contribution in [2.45, 2.75) is 35.6 Å². The van der Waals surface area contributed by atoms with E-state index in [1.54, 1.807) is 22.4 Å². The SMILES string of the molecule is O=S(=O)(c1cc(-c2noc(C3CCC3)n2)cs1)N1CCN(c2cccc(C(F)(F)F)c2)CC1. The summed E-state index contributed by atoms with van der Waals surface area (Å²) in [6.07, 6.45) is -1.23. The van der Waals surface area contributed by atoms with E-state index in [9.17, 15) is 21.6 Å². The van der Waals surface area contributed by atoms with Crippen molar-refractivity contribution in [1.82, 2.24) is 14.4 Å². The van der Waals surface area contributed by atoms with Crippen LogP contribution in [0.15, 0.2) is 44.4 Å². The van der Waals surface area contributed by atoms with E-state index >= 15 is 0 Å². The zero-order valence-electron chi connectivity index (χ0n) is 17.5. The second-order valence-electron chi connectivity index (χ2n) is 8.18. The van der Waals surface area contributed by atoms with E-state index in [2.05, 4.69) is 10.1 Å². The van der Waals surface area contributed by atoms with Gasteiger partial charge in [-0.05, 0) is 37.1 Å². The van der Waals surface area contributed by atoms with Gasteiger partial charge in [-0.1, -0.05) is 17.6 Å². The number of hydrogen-bond donors (Lipinski definition) is 0. The van der Waals surface area contributed by atoms with Crippen molar-refractivity contribution in [3.63, 3.8) is 0 Å². The summed E-state index contributed by atoms with van der Waals surface area (Å²) in [4.78, 5) is 6.18. The van der Waals surface area contributed by atoms with Crippen molar-refractivity contribution in [2.24, 2.45) is 0 Å². The lowest BCUT2D eigenvalue weighted by Gasteiger charge is -2.35. The van der Waals surface area contributed by atoms with Gasteiger partial charge in [-0.3, -0.25) is 0 Å². The number of nitrogens with zero attached hydrogens (tertiary/aromatic N) is 4. The fourth-order valence-electron chi connectivity index (χ4n) is 3.94. The fraction of sp³-hybridized carbons (Fsp3) is 0.429. The van der Waals surface area contributed by atoms with Crippen LogP contribution in [0.1, 0.15) is 36.6 Å². The second kappa shape index (κ2) is 8.41. The Morgan fingerprint density at radius 3 is 2.52 bits per heavy atom. The number of sulfonamides is 1. The molecule has 1 aliphatic heterocycles. The van der Waals surface area contributed by atoms with E-state index in [1.165, 1.54) is 10.4 Å². The molecule has 1 aliphatic carbocycles. The zero-order valence-corrected chi connectivity index (χ0v) is 19.1. The van der Waals surface area contributed by atoms with Crippen LogP contribution in [0.2, 0.25) is 0 Å². The molecule has 0 amide bonds. The highest BCUT2D eigenvalue weighted by Crippen LogP contribution is 2.37. The van der Waals surface area contributed by atoms with Crippen molar-refractivity contribution in [2.75, 3.05) is 31.1 Å². The molecule has 7 nitrogen and oxygen atoms in total. The van der Waals surface area contributed by atoms with Crippen LogP contribution < -0.4 is 4.90 Å². The van der Waals surface area contributed by atoms with Crippen molar-refractivity contribution < 1.29 is 26.1 Å². The third-order valence-electron chi connectivity index (χ3n) is 6.10. The van der Waals surface area contributed by atoms with Gasteiger partial charge in [-0.2, -0.15) is 22.5 Å². The van der Waals surface area contributed by atoms with Crippen LogP contribution in [0.4, 0.5) is 18.9 Å². The normalized spacial score (nSPS) is 18.5. The first kappa shape index (κ1) is 22.4. The molecule has 2 aliphatic rings. The first-order valence-electron chi connectivity index (χ1n) is 10.6. The molecule has 2 fully saturated rings. The second-order valence-corrected chi connectivity index (χ2v) is 11.3. The molecule has 1 saturated heterocycles. The molecule has 5 rings (SSSR count). The summed E-state index contributed by atoms with van der Waals surface area (Å²) in [6, 6.07) is 6.64. The van der Waals surface area contributed by atoms with Gasteiger partial charge < -0.3 is 9.42 Å².